The van der Waals surface area contributed by atoms with Gasteiger partial charge in [-0.3, -0.25) is 4.79 Å². The fourth-order valence-corrected chi connectivity index (χ4v) is 2.14. The van der Waals surface area contributed by atoms with Crippen molar-refractivity contribution >= 4 is 29.3 Å². The van der Waals surface area contributed by atoms with E-state index in [2.05, 4.69) is 5.32 Å². The van der Waals surface area contributed by atoms with Gasteiger partial charge in [0, 0.05) is 23.8 Å². The lowest BCUT2D eigenvalue weighted by Gasteiger charge is -2.12. The van der Waals surface area contributed by atoms with Gasteiger partial charge < -0.3 is 14.8 Å². The lowest BCUT2D eigenvalue weighted by atomic mass is 10.2. The van der Waals surface area contributed by atoms with Crippen LogP contribution in [0.3, 0.4) is 0 Å². The van der Waals surface area contributed by atoms with Gasteiger partial charge in [0.2, 0.25) is 5.91 Å². The molecule has 1 N–H and O–H groups in total. The van der Waals surface area contributed by atoms with Crippen LogP contribution in [0.15, 0.2) is 42.5 Å². The predicted molar refractivity (Wildman–Crippen MR) is 88.6 cm³/mol. The molecule has 0 heterocycles. The smallest absolute Gasteiger partial charge is 0.248 e. The van der Waals surface area contributed by atoms with Crippen molar-refractivity contribution < 1.29 is 18.7 Å². The van der Waals surface area contributed by atoms with E-state index >= 15 is 0 Å². The first-order valence-corrected chi connectivity index (χ1v) is 7.08. The molecular formula is C17H15ClFNO3. The predicted octanol–water partition coefficient (Wildman–Crippen LogP) is 4.15. The van der Waals surface area contributed by atoms with E-state index < -0.39 is 11.7 Å². The molecule has 120 valence electrons. The van der Waals surface area contributed by atoms with Crippen molar-refractivity contribution in [2.75, 3.05) is 19.5 Å². The second-order valence-corrected chi connectivity index (χ2v) is 4.94. The molecule has 0 spiro atoms. The first-order chi connectivity index (χ1) is 11.0. The maximum absolute atomic E-state index is 13.5. The van der Waals surface area contributed by atoms with Gasteiger partial charge in [-0.1, -0.05) is 29.8 Å². The molecule has 1 amide bonds. The molecule has 0 aliphatic rings. The van der Waals surface area contributed by atoms with E-state index in [1.165, 1.54) is 38.5 Å². The van der Waals surface area contributed by atoms with Crippen molar-refractivity contribution in [3.8, 4) is 11.5 Å². The van der Waals surface area contributed by atoms with Crippen molar-refractivity contribution in [2.24, 2.45) is 0 Å². The van der Waals surface area contributed by atoms with E-state index in [-0.39, 0.29) is 0 Å². The Morgan fingerprint density at radius 1 is 1.17 bits per heavy atom. The highest BCUT2D eigenvalue weighted by Crippen LogP contribution is 2.35. The van der Waals surface area contributed by atoms with Gasteiger partial charge >= 0.3 is 0 Å². The summed E-state index contributed by atoms with van der Waals surface area (Å²) in [5.41, 5.74) is 0.722. The molecule has 2 rings (SSSR count). The molecule has 4 nitrogen and oxygen atoms in total. The maximum Gasteiger partial charge on any atom is 0.248 e. The van der Waals surface area contributed by atoms with E-state index in [1.807, 2.05) is 0 Å². The molecule has 0 radical (unpaired) electrons. The zero-order valence-electron chi connectivity index (χ0n) is 12.6. The number of halogens is 2. The van der Waals surface area contributed by atoms with Crippen molar-refractivity contribution in [3.63, 3.8) is 0 Å². The number of hydrogen-bond acceptors (Lipinski definition) is 3. The van der Waals surface area contributed by atoms with E-state index in [0.717, 1.165) is 0 Å². The first-order valence-electron chi connectivity index (χ1n) is 6.70. The summed E-state index contributed by atoms with van der Waals surface area (Å²) < 4.78 is 23.8. The number of carbonyl (C=O) groups excluding carboxylic acids is 1. The number of hydrogen-bond donors (Lipinski definition) is 1. The van der Waals surface area contributed by atoms with Crippen molar-refractivity contribution in [1.82, 2.24) is 0 Å². The average molecular weight is 336 g/mol. The third-order valence-corrected chi connectivity index (χ3v) is 3.35. The molecule has 0 saturated heterocycles. The average Bonchev–Trinajstić information content (AvgIpc) is 2.55. The summed E-state index contributed by atoms with van der Waals surface area (Å²) >= 11 is 6.00. The Bertz CT molecular complexity index is 747. The number of nitrogens with one attached hydrogen (secondary N) is 1. The zero-order chi connectivity index (χ0) is 16.8. The maximum atomic E-state index is 13.5. The van der Waals surface area contributed by atoms with Crippen LogP contribution in [0.1, 0.15) is 5.56 Å². The number of benzene rings is 2. The highest BCUT2D eigenvalue weighted by molar-refractivity contribution is 6.32. The Labute approximate surface area is 138 Å². The minimum Gasteiger partial charge on any atom is -0.495 e. The summed E-state index contributed by atoms with van der Waals surface area (Å²) in [4.78, 5) is 12.0. The molecule has 0 aliphatic carbocycles. The Hall–Kier alpha value is -2.53. The second-order valence-electron chi connectivity index (χ2n) is 4.53. The summed E-state index contributed by atoms with van der Waals surface area (Å²) in [6.07, 6.45) is 2.63. The number of rotatable bonds is 5. The number of anilines is 1. The quantitative estimate of drug-likeness (QED) is 0.835. The number of amides is 1. The van der Waals surface area contributed by atoms with Crippen LogP contribution in [0, 0.1) is 5.82 Å². The molecule has 0 aliphatic heterocycles. The standard InChI is InChI=1S/C17H15ClFNO3/c1-22-15-10-14(16(23-2)9-12(15)18)20-17(21)8-7-11-5-3-4-6-13(11)19/h3-10H,1-2H3,(H,20,21)/b8-7+. The van der Waals surface area contributed by atoms with Crippen LogP contribution in [0.4, 0.5) is 10.1 Å². The fraction of sp³-hybridized carbons (Fsp3) is 0.118. The molecule has 2 aromatic rings. The number of carbonyl (C=O) groups is 1. The molecular weight excluding hydrogens is 321 g/mol. The topological polar surface area (TPSA) is 47.6 Å². The van der Waals surface area contributed by atoms with Crippen LogP contribution in [-0.4, -0.2) is 20.1 Å². The molecule has 0 fully saturated rings. The highest BCUT2D eigenvalue weighted by atomic mass is 35.5. The molecule has 0 saturated carbocycles. The minimum atomic E-state index is -0.434. The van der Waals surface area contributed by atoms with Crippen LogP contribution in [0.5, 0.6) is 11.5 Å². The van der Waals surface area contributed by atoms with Crippen LogP contribution >= 0.6 is 11.6 Å². The molecule has 23 heavy (non-hydrogen) atoms. The monoisotopic (exact) mass is 335 g/mol. The van der Waals surface area contributed by atoms with Crippen molar-refractivity contribution in [1.29, 1.82) is 0 Å². The van der Waals surface area contributed by atoms with Gasteiger partial charge in [-0.15, -0.1) is 0 Å². The lowest BCUT2D eigenvalue weighted by Crippen LogP contribution is -2.09. The molecule has 0 atom stereocenters. The van der Waals surface area contributed by atoms with Crippen LogP contribution in [0.2, 0.25) is 5.02 Å². The van der Waals surface area contributed by atoms with Crippen molar-refractivity contribution in [3.05, 3.63) is 58.9 Å². The Kier molecular flexibility index (Phi) is 5.60. The van der Waals surface area contributed by atoms with Gasteiger partial charge in [0.05, 0.1) is 24.9 Å². The molecule has 0 bridgehead atoms. The normalized spacial score (nSPS) is 10.6. The Morgan fingerprint density at radius 2 is 1.87 bits per heavy atom. The van der Waals surface area contributed by atoms with Crippen LogP contribution in [-0.2, 0) is 4.79 Å². The minimum absolute atomic E-state index is 0.323. The summed E-state index contributed by atoms with van der Waals surface area (Å²) in [7, 11) is 2.93. The van der Waals surface area contributed by atoms with E-state index in [0.29, 0.717) is 27.8 Å². The third kappa shape index (κ3) is 4.23. The van der Waals surface area contributed by atoms with E-state index in [1.54, 1.807) is 24.3 Å². The molecule has 0 unspecified atom stereocenters. The number of methoxy groups -OCH3 is 2. The SMILES string of the molecule is COc1cc(NC(=O)/C=C/c2ccccc2F)c(OC)cc1Cl. The lowest BCUT2D eigenvalue weighted by molar-refractivity contribution is -0.111. The Morgan fingerprint density at radius 3 is 2.52 bits per heavy atom. The largest absolute Gasteiger partial charge is 0.495 e. The summed E-state index contributed by atoms with van der Waals surface area (Å²) in [5.74, 6) is -0.0393. The van der Waals surface area contributed by atoms with E-state index in [4.69, 9.17) is 21.1 Å². The second kappa shape index (κ2) is 7.65. The van der Waals surface area contributed by atoms with Crippen LogP contribution < -0.4 is 14.8 Å². The molecule has 2 aromatic carbocycles. The Balaban J connectivity index is 2.18. The molecule has 0 aromatic heterocycles. The van der Waals surface area contributed by atoms with Gasteiger partial charge in [0.15, 0.2) is 0 Å². The number of ether oxygens (including phenoxy) is 2. The van der Waals surface area contributed by atoms with E-state index in [9.17, 15) is 9.18 Å². The van der Waals surface area contributed by atoms with Gasteiger partial charge in [0.1, 0.15) is 17.3 Å². The van der Waals surface area contributed by atoms with Crippen molar-refractivity contribution in [2.45, 2.75) is 0 Å². The summed E-state index contributed by atoms with van der Waals surface area (Å²) in [6, 6.07) is 9.26. The van der Waals surface area contributed by atoms with Gasteiger partial charge in [-0.05, 0) is 12.1 Å². The van der Waals surface area contributed by atoms with Crippen LogP contribution in [0.25, 0.3) is 6.08 Å². The van der Waals surface area contributed by atoms with Gasteiger partial charge in [-0.2, -0.15) is 0 Å². The summed E-state index contributed by atoms with van der Waals surface area (Å²) in [5, 5.41) is 3.01. The first kappa shape index (κ1) is 16.8. The van der Waals surface area contributed by atoms with Gasteiger partial charge in [0.25, 0.3) is 0 Å². The molecule has 6 heteroatoms. The fourth-order valence-electron chi connectivity index (χ4n) is 1.91. The van der Waals surface area contributed by atoms with Gasteiger partial charge in [-0.25, -0.2) is 4.39 Å². The highest BCUT2D eigenvalue weighted by Gasteiger charge is 2.11. The summed E-state index contributed by atoms with van der Waals surface area (Å²) in [6.45, 7) is 0. The zero-order valence-corrected chi connectivity index (χ0v) is 13.4. The third-order valence-electron chi connectivity index (χ3n) is 3.05.